The van der Waals surface area contributed by atoms with Crippen LogP contribution in [0, 0.1) is 12.7 Å². The number of likely N-dealkylation sites (tertiary alicyclic amines) is 1. The molecular formula is C29H28FNO6. The monoisotopic (exact) mass is 505 g/mol. The lowest BCUT2D eigenvalue weighted by Crippen LogP contribution is -2.32. The number of aliphatic hydroxyl groups excluding tert-OH is 1. The van der Waals surface area contributed by atoms with Crippen LogP contribution in [0.3, 0.4) is 0 Å². The van der Waals surface area contributed by atoms with Crippen LogP contribution in [-0.4, -0.2) is 49.1 Å². The van der Waals surface area contributed by atoms with Gasteiger partial charge in [-0.15, -0.1) is 0 Å². The molecule has 0 aliphatic carbocycles. The first-order valence-corrected chi connectivity index (χ1v) is 11.7. The fraction of sp³-hybridized carbons (Fsp3) is 0.241. The van der Waals surface area contributed by atoms with Crippen molar-refractivity contribution in [2.24, 2.45) is 0 Å². The van der Waals surface area contributed by atoms with Gasteiger partial charge in [-0.1, -0.05) is 42.0 Å². The molecule has 1 N–H and O–H groups in total. The summed E-state index contributed by atoms with van der Waals surface area (Å²) in [6.07, 6.45) is 0. The highest BCUT2D eigenvalue weighted by molar-refractivity contribution is 6.46. The number of carbonyl (C=O) groups excluding carboxylic acids is 2. The molecule has 0 aromatic heterocycles. The van der Waals surface area contributed by atoms with E-state index < -0.39 is 29.3 Å². The van der Waals surface area contributed by atoms with Crippen LogP contribution in [-0.2, 0) is 20.9 Å². The number of Topliss-reactive ketones (excluding diaryl/α,β-unsaturated/α-hetero) is 1. The summed E-state index contributed by atoms with van der Waals surface area (Å²) in [6.45, 7) is 2.70. The van der Waals surface area contributed by atoms with Crippen molar-refractivity contribution >= 4 is 17.4 Å². The van der Waals surface area contributed by atoms with Gasteiger partial charge < -0.3 is 24.2 Å². The van der Waals surface area contributed by atoms with E-state index in [0.717, 1.165) is 17.2 Å². The smallest absolute Gasteiger partial charge is 0.295 e. The van der Waals surface area contributed by atoms with E-state index in [1.54, 1.807) is 24.3 Å². The molecule has 3 aromatic carbocycles. The largest absolute Gasteiger partial charge is 0.507 e. The molecule has 37 heavy (non-hydrogen) atoms. The minimum absolute atomic E-state index is 0.0182. The SMILES string of the molecule is COCCN1C(=O)C(=O)/C(=C(/O)c2cc(F)ccc2OC)C1c1ccc(OCc2ccc(C)cc2)cc1. The van der Waals surface area contributed by atoms with Crippen LogP contribution >= 0.6 is 0 Å². The van der Waals surface area contributed by atoms with Crippen molar-refractivity contribution < 1.29 is 33.3 Å². The van der Waals surface area contributed by atoms with Gasteiger partial charge in [0.25, 0.3) is 11.7 Å². The summed E-state index contributed by atoms with van der Waals surface area (Å²) in [6, 6.07) is 17.6. The topological polar surface area (TPSA) is 85.3 Å². The maximum atomic E-state index is 14.0. The second-order valence-electron chi connectivity index (χ2n) is 8.67. The van der Waals surface area contributed by atoms with E-state index in [9.17, 15) is 19.1 Å². The molecule has 3 aromatic rings. The highest BCUT2D eigenvalue weighted by Gasteiger charge is 2.46. The normalized spacial score (nSPS) is 16.8. The minimum atomic E-state index is -0.908. The first kappa shape index (κ1) is 25.9. The lowest BCUT2D eigenvalue weighted by Gasteiger charge is -2.25. The van der Waals surface area contributed by atoms with E-state index in [1.807, 2.05) is 31.2 Å². The Balaban J connectivity index is 1.70. The number of aliphatic hydroxyl groups is 1. The summed E-state index contributed by atoms with van der Waals surface area (Å²) in [5.41, 5.74) is 2.59. The molecule has 0 bridgehead atoms. The number of hydrogen-bond donors (Lipinski definition) is 1. The molecule has 1 fully saturated rings. The maximum absolute atomic E-state index is 14.0. The summed E-state index contributed by atoms with van der Waals surface area (Å²) in [5, 5.41) is 11.2. The third kappa shape index (κ3) is 5.49. The Bertz CT molecular complexity index is 1320. The number of rotatable bonds is 9. The maximum Gasteiger partial charge on any atom is 0.295 e. The third-order valence-electron chi connectivity index (χ3n) is 6.21. The van der Waals surface area contributed by atoms with Gasteiger partial charge in [-0.25, -0.2) is 4.39 Å². The fourth-order valence-corrected chi connectivity index (χ4v) is 4.25. The number of methoxy groups -OCH3 is 2. The van der Waals surface area contributed by atoms with Gasteiger partial charge in [0.2, 0.25) is 0 Å². The molecule has 0 spiro atoms. The molecule has 7 nitrogen and oxygen atoms in total. The molecule has 1 heterocycles. The Morgan fingerprint density at radius 3 is 2.35 bits per heavy atom. The van der Waals surface area contributed by atoms with Gasteiger partial charge in [0.1, 0.15) is 29.7 Å². The first-order valence-electron chi connectivity index (χ1n) is 11.7. The predicted molar refractivity (Wildman–Crippen MR) is 136 cm³/mol. The number of nitrogens with zero attached hydrogens (tertiary/aromatic N) is 1. The number of amides is 1. The first-order chi connectivity index (χ1) is 17.8. The van der Waals surface area contributed by atoms with Crippen molar-refractivity contribution in [1.82, 2.24) is 4.90 Å². The van der Waals surface area contributed by atoms with Crippen molar-refractivity contribution in [2.45, 2.75) is 19.6 Å². The minimum Gasteiger partial charge on any atom is -0.507 e. The van der Waals surface area contributed by atoms with Crippen LogP contribution < -0.4 is 9.47 Å². The lowest BCUT2D eigenvalue weighted by atomic mass is 9.95. The molecule has 0 saturated carbocycles. The summed E-state index contributed by atoms with van der Waals surface area (Å²) in [5.74, 6) is -2.02. The molecule has 1 amide bonds. The van der Waals surface area contributed by atoms with E-state index in [4.69, 9.17) is 14.2 Å². The van der Waals surface area contributed by atoms with Gasteiger partial charge in [0.05, 0.1) is 30.9 Å². The highest BCUT2D eigenvalue weighted by Crippen LogP contribution is 2.41. The zero-order chi connectivity index (χ0) is 26.5. The van der Waals surface area contributed by atoms with Crippen molar-refractivity contribution in [3.63, 3.8) is 0 Å². The third-order valence-corrected chi connectivity index (χ3v) is 6.21. The van der Waals surface area contributed by atoms with Gasteiger partial charge in [0, 0.05) is 13.7 Å². The number of carbonyl (C=O) groups is 2. The van der Waals surface area contributed by atoms with Gasteiger partial charge in [-0.2, -0.15) is 0 Å². The Labute approximate surface area is 214 Å². The Morgan fingerprint density at radius 2 is 1.70 bits per heavy atom. The number of ether oxygens (including phenoxy) is 3. The standard InChI is InChI=1S/C29H28FNO6/c1-18-4-6-19(7-5-18)17-37-22-11-8-20(9-12-22)26-25(28(33)29(34)31(26)14-15-35-2)27(32)23-16-21(30)10-13-24(23)36-3/h4-13,16,26,32H,14-15,17H2,1-3H3/b27-25+. The van der Waals surface area contributed by atoms with E-state index in [1.165, 1.54) is 31.3 Å². The molecule has 1 aliphatic heterocycles. The lowest BCUT2D eigenvalue weighted by molar-refractivity contribution is -0.140. The van der Waals surface area contributed by atoms with Crippen LogP contribution in [0.25, 0.3) is 5.76 Å². The predicted octanol–water partition coefficient (Wildman–Crippen LogP) is 4.79. The molecule has 192 valence electrons. The van der Waals surface area contributed by atoms with Crippen molar-refractivity contribution in [3.05, 3.63) is 100 Å². The number of aryl methyl sites for hydroxylation is 1. The van der Waals surface area contributed by atoms with Crippen LogP contribution in [0.2, 0.25) is 0 Å². The van der Waals surface area contributed by atoms with Crippen LogP contribution in [0.15, 0.2) is 72.3 Å². The molecule has 0 radical (unpaired) electrons. The van der Waals surface area contributed by atoms with Gasteiger partial charge in [-0.05, 0) is 48.4 Å². The van der Waals surface area contributed by atoms with Crippen LogP contribution in [0.5, 0.6) is 11.5 Å². The summed E-state index contributed by atoms with van der Waals surface area (Å²) < 4.78 is 30.3. The van der Waals surface area contributed by atoms with Crippen molar-refractivity contribution in [3.8, 4) is 11.5 Å². The van der Waals surface area contributed by atoms with E-state index >= 15 is 0 Å². The summed E-state index contributed by atoms with van der Waals surface area (Å²) in [7, 11) is 2.86. The van der Waals surface area contributed by atoms with Gasteiger partial charge in [0.15, 0.2) is 0 Å². The second kappa shape index (κ2) is 11.3. The van der Waals surface area contributed by atoms with E-state index in [2.05, 4.69) is 0 Å². The number of halogens is 1. The summed E-state index contributed by atoms with van der Waals surface area (Å²) in [4.78, 5) is 27.4. The van der Waals surface area contributed by atoms with Gasteiger partial charge >= 0.3 is 0 Å². The zero-order valence-electron chi connectivity index (χ0n) is 20.9. The fourth-order valence-electron chi connectivity index (χ4n) is 4.25. The average molecular weight is 506 g/mol. The molecular weight excluding hydrogens is 477 g/mol. The summed E-state index contributed by atoms with van der Waals surface area (Å²) >= 11 is 0. The molecule has 1 aliphatic rings. The zero-order valence-corrected chi connectivity index (χ0v) is 20.9. The molecule has 4 rings (SSSR count). The molecule has 8 heteroatoms. The van der Waals surface area contributed by atoms with Crippen LogP contribution in [0.1, 0.15) is 28.3 Å². The van der Waals surface area contributed by atoms with E-state index in [-0.39, 0.29) is 30.0 Å². The Morgan fingerprint density at radius 1 is 1.00 bits per heavy atom. The van der Waals surface area contributed by atoms with E-state index in [0.29, 0.717) is 17.9 Å². The molecule has 1 saturated heterocycles. The van der Waals surface area contributed by atoms with Gasteiger partial charge in [-0.3, -0.25) is 9.59 Å². The van der Waals surface area contributed by atoms with Crippen molar-refractivity contribution in [1.29, 1.82) is 0 Å². The molecule has 1 unspecified atom stereocenters. The van der Waals surface area contributed by atoms with Crippen LogP contribution in [0.4, 0.5) is 4.39 Å². The quantitative estimate of drug-likeness (QED) is 0.256. The Kier molecular flexibility index (Phi) is 7.89. The number of hydrogen-bond acceptors (Lipinski definition) is 6. The van der Waals surface area contributed by atoms with Crippen molar-refractivity contribution in [2.75, 3.05) is 27.4 Å². The highest BCUT2D eigenvalue weighted by atomic mass is 19.1. The molecule has 1 atom stereocenters. The second-order valence-corrected chi connectivity index (χ2v) is 8.67. The number of benzene rings is 3. The number of ketones is 1. The average Bonchev–Trinajstić information content (AvgIpc) is 3.16. The Hall–Kier alpha value is -4.17.